The summed E-state index contributed by atoms with van der Waals surface area (Å²) in [6.45, 7) is 26.0. The minimum Gasteiger partial charge on any atom is -0.468 e. The van der Waals surface area contributed by atoms with E-state index in [1.54, 1.807) is 0 Å². The molecule has 1 fully saturated rings. The number of methoxy groups -OCH3 is 1. The zero-order valence-corrected chi connectivity index (χ0v) is 24.3. The largest absolute Gasteiger partial charge is 0.468 e. The van der Waals surface area contributed by atoms with E-state index in [0.717, 1.165) is 11.1 Å². The molecule has 3 atom stereocenters. The molecule has 1 aliphatic heterocycles. The first-order valence-electron chi connectivity index (χ1n) is 12.9. The van der Waals surface area contributed by atoms with Gasteiger partial charge in [0.2, 0.25) is 5.91 Å². The Hall–Kier alpha value is -2.10. The van der Waals surface area contributed by atoms with E-state index in [1.807, 2.05) is 18.2 Å². The molecule has 1 saturated heterocycles. The lowest BCUT2D eigenvalue weighted by molar-refractivity contribution is -0.259. The first-order chi connectivity index (χ1) is 15.7. The number of likely N-dealkylation sites (tertiary alicyclic amines) is 1. The number of carbonyl (C=O) groups excluding carboxylic acids is 2. The summed E-state index contributed by atoms with van der Waals surface area (Å²) >= 11 is 0. The molecule has 0 spiro atoms. The normalized spacial score (nSPS) is 27.1. The highest BCUT2D eigenvalue weighted by Crippen LogP contribution is 2.83. The van der Waals surface area contributed by atoms with Gasteiger partial charge in [0.25, 0.3) is 0 Å². The van der Waals surface area contributed by atoms with Crippen molar-refractivity contribution in [2.45, 2.75) is 101 Å². The number of benzene rings is 1. The fourth-order valence-electron chi connectivity index (χ4n) is 7.30. The average molecular weight is 482 g/mol. The predicted molar refractivity (Wildman–Crippen MR) is 143 cm³/mol. The van der Waals surface area contributed by atoms with Crippen LogP contribution in [0.2, 0.25) is 0 Å². The minimum absolute atomic E-state index is 0.0931. The maximum Gasteiger partial charge on any atom is 0.321 e. The van der Waals surface area contributed by atoms with Crippen LogP contribution in [-0.4, -0.2) is 29.4 Å². The molecule has 2 aliphatic rings. The van der Waals surface area contributed by atoms with Crippen LogP contribution in [0.4, 0.5) is 0 Å². The number of esters is 1. The van der Waals surface area contributed by atoms with Crippen LogP contribution in [0.5, 0.6) is 0 Å². The Morgan fingerprint density at radius 3 is 1.69 bits per heavy atom. The zero-order valence-electron chi connectivity index (χ0n) is 24.3. The smallest absolute Gasteiger partial charge is 0.321 e. The molecule has 35 heavy (non-hydrogen) atoms. The van der Waals surface area contributed by atoms with Gasteiger partial charge >= 0.3 is 5.97 Å². The molecular formula is C31H47NO3. The quantitative estimate of drug-likeness (QED) is 0.335. The Morgan fingerprint density at radius 2 is 1.31 bits per heavy atom. The van der Waals surface area contributed by atoms with Crippen molar-refractivity contribution in [1.29, 1.82) is 0 Å². The molecule has 3 rings (SSSR count). The summed E-state index contributed by atoms with van der Waals surface area (Å²) in [5.41, 5.74) is 0.493. The standard InChI is InChI=1S/C31H47NO3/c1-26(2,3)19-21(33)32-24(20-17-15-14-16-18-20)30(25(34)35-13)22(27(4,5)6)23(28(7,8)9)31(30,32)29(10,11)12/h14-18,24H,19H2,1-13H3/t24-,30-,31+/m1/s1. The van der Waals surface area contributed by atoms with Gasteiger partial charge < -0.3 is 9.64 Å². The molecule has 0 N–H and O–H groups in total. The summed E-state index contributed by atoms with van der Waals surface area (Å²) in [4.78, 5) is 30.6. The summed E-state index contributed by atoms with van der Waals surface area (Å²) in [7, 11) is 1.49. The molecular weight excluding hydrogens is 434 g/mol. The average Bonchev–Trinajstić information content (AvgIpc) is 2.64. The van der Waals surface area contributed by atoms with E-state index in [-0.39, 0.29) is 28.1 Å². The lowest BCUT2D eigenvalue weighted by atomic mass is 9.29. The molecule has 0 bridgehead atoms. The molecule has 0 radical (unpaired) electrons. The third-order valence-electron chi connectivity index (χ3n) is 7.76. The SMILES string of the molecule is COC(=O)[C@]12C(C(C)(C)C)=C(C(C)(C)C)[C@@]1(C(C)(C)C)N(C(=O)CC(C)(C)C)[C@@H]2c1ccccc1. The summed E-state index contributed by atoms with van der Waals surface area (Å²) < 4.78 is 5.66. The van der Waals surface area contributed by atoms with Crippen LogP contribution in [-0.2, 0) is 14.3 Å². The fourth-order valence-corrected chi connectivity index (χ4v) is 7.30. The second-order valence-electron chi connectivity index (χ2n) is 14.8. The van der Waals surface area contributed by atoms with Crippen molar-refractivity contribution in [3.63, 3.8) is 0 Å². The number of fused-ring (bicyclic) bond motifs is 1. The van der Waals surface area contributed by atoms with E-state index in [0.29, 0.717) is 6.42 Å². The van der Waals surface area contributed by atoms with Crippen molar-refractivity contribution < 1.29 is 14.3 Å². The van der Waals surface area contributed by atoms with Crippen molar-refractivity contribution in [1.82, 2.24) is 4.90 Å². The van der Waals surface area contributed by atoms with Gasteiger partial charge in [0, 0.05) is 6.42 Å². The second-order valence-corrected chi connectivity index (χ2v) is 14.8. The lowest BCUT2D eigenvalue weighted by Gasteiger charge is -2.83. The number of rotatable bonds is 3. The second kappa shape index (κ2) is 7.95. The molecule has 0 aromatic heterocycles. The number of carbonyl (C=O) groups is 2. The van der Waals surface area contributed by atoms with E-state index in [1.165, 1.54) is 12.7 Å². The van der Waals surface area contributed by atoms with Crippen LogP contribution >= 0.6 is 0 Å². The minimum atomic E-state index is -0.949. The van der Waals surface area contributed by atoms with Crippen molar-refractivity contribution in [3.8, 4) is 0 Å². The number of hydrogen-bond donors (Lipinski definition) is 0. The number of amides is 1. The van der Waals surface area contributed by atoms with Crippen molar-refractivity contribution in [2.24, 2.45) is 27.1 Å². The predicted octanol–water partition coefficient (Wildman–Crippen LogP) is 7.35. The highest BCUT2D eigenvalue weighted by Gasteiger charge is 2.89. The maximum atomic E-state index is 14.3. The molecule has 1 aromatic carbocycles. The van der Waals surface area contributed by atoms with E-state index in [4.69, 9.17) is 4.74 Å². The Bertz CT molecular complexity index is 1040. The molecule has 1 aromatic rings. The molecule has 1 aliphatic carbocycles. The van der Waals surface area contributed by atoms with Crippen LogP contribution in [0, 0.1) is 27.1 Å². The molecule has 4 heteroatoms. The van der Waals surface area contributed by atoms with E-state index < -0.39 is 22.4 Å². The molecule has 0 saturated carbocycles. The fraction of sp³-hybridized carbons (Fsp3) is 0.677. The van der Waals surface area contributed by atoms with Gasteiger partial charge in [-0.05, 0) is 38.4 Å². The number of hydrogen-bond acceptors (Lipinski definition) is 3. The Labute approximate surface area is 213 Å². The summed E-state index contributed by atoms with van der Waals surface area (Å²) in [6.07, 6.45) is 0.410. The number of nitrogens with zero attached hydrogens (tertiary/aromatic N) is 1. The topological polar surface area (TPSA) is 46.6 Å². The van der Waals surface area contributed by atoms with Gasteiger partial charge in [0.05, 0.1) is 18.7 Å². The molecule has 194 valence electrons. The van der Waals surface area contributed by atoms with Gasteiger partial charge in [-0.1, -0.05) is 113 Å². The third-order valence-corrected chi connectivity index (χ3v) is 7.76. The van der Waals surface area contributed by atoms with Crippen LogP contribution in [0.1, 0.15) is 101 Å². The highest BCUT2D eigenvalue weighted by molar-refractivity contribution is 5.97. The van der Waals surface area contributed by atoms with Gasteiger partial charge in [-0.2, -0.15) is 0 Å². The Morgan fingerprint density at radius 1 is 0.829 bits per heavy atom. The van der Waals surface area contributed by atoms with Crippen molar-refractivity contribution in [2.75, 3.05) is 7.11 Å². The third kappa shape index (κ3) is 3.61. The molecule has 0 unspecified atom stereocenters. The van der Waals surface area contributed by atoms with Crippen LogP contribution in [0.15, 0.2) is 41.5 Å². The molecule has 1 heterocycles. The van der Waals surface area contributed by atoms with Crippen molar-refractivity contribution in [3.05, 3.63) is 47.0 Å². The van der Waals surface area contributed by atoms with Gasteiger partial charge in [-0.25, -0.2) is 0 Å². The van der Waals surface area contributed by atoms with Gasteiger partial charge in [-0.3, -0.25) is 9.59 Å². The van der Waals surface area contributed by atoms with Crippen LogP contribution < -0.4 is 0 Å². The monoisotopic (exact) mass is 481 g/mol. The first kappa shape index (κ1) is 27.5. The van der Waals surface area contributed by atoms with Gasteiger partial charge in [0.1, 0.15) is 5.41 Å². The maximum absolute atomic E-state index is 14.3. The summed E-state index contributed by atoms with van der Waals surface area (Å²) in [5, 5.41) is 0. The first-order valence-corrected chi connectivity index (χ1v) is 12.9. The van der Waals surface area contributed by atoms with E-state index in [9.17, 15) is 9.59 Å². The van der Waals surface area contributed by atoms with E-state index >= 15 is 0 Å². The number of ether oxygens (including phenoxy) is 1. The Kier molecular flexibility index (Phi) is 6.24. The summed E-state index contributed by atoms with van der Waals surface area (Å²) in [6, 6.07) is 9.66. The highest BCUT2D eigenvalue weighted by atomic mass is 16.5. The van der Waals surface area contributed by atoms with Crippen LogP contribution in [0.25, 0.3) is 0 Å². The lowest BCUT2D eigenvalue weighted by Crippen LogP contribution is -2.90. The van der Waals surface area contributed by atoms with Gasteiger partial charge in [0.15, 0.2) is 0 Å². The molecule has 1 amide bonds. The van der Waals surface area contributed by atoms with Gasteiger partial charge in [-0.15, -0.1) is 0 Å². The van der Waals surface area contributed by atoms with Crippen LogP contribution in [0.3, 0.4) is 0 Å². The van der Waals surface area contributed by atoms with Crippen molar-refractivity contribution >= 4 is 11.9 Å². The summed E-state index contributed by atoms with van der Waals surface area (Å²) in [5.74, 6) is -0.144. The molecule has 4 nitrogen and oxygen atoms in total. The zero-order chi connectivity index (χ0) is 27.0. The van der Waals surface area contributed by atoms with E-state index in [2.05, 4.69) is 100 Å². The Balaban J connectivity index is 2.54.